The van der Waals surface area contributed by atoms with E-state index in [1.165, 1.54) is 116 Å². The molecule has 0 aromatic heterocycles. The first kappa shape index (κ1) is 60.5. The van der Waals surface area contributed by atoms with Crippen LogP contribution in [0, 0.1) is 0 Å². The van der Waals surface area contributed by atoms with Crippen molar-refractivity contribution in [3.05, 3.63) is 72.9 Å². The monoisotopic (exact) mass is 904 g/mol. The number of hydrogen-bond acceptors (Lipinski definition) is 8. The molecule has 0 aromatic carbocycles. The molecular formula is C53H94NO8P. The number of ether oxygens (including phenoxy) is 2. The second-order valence-corrected chi connectivity index (χ2v) is 18.1. The molecule has 0 amide bonds. The summed E-state index contributed by atoms with van der Waals surface area (Å²) < 4.78 is 32.8. The van der Waals surface area contributed by atoms with Gasteiger partial charge in [0.25, 0.3) is 0 Å². The Bertz CT molecular complexity index is 1260. The lowest BCUT2D eigenvalue weighted by Gasteiger charge is -2.19. The SMILES string of the molecule is CCCCC/C=C/C/C=C/C/C=C/C/C=C/CCCCCC(=O)O[C@H](COC(=O)CCC/C=C/CC/C=C/CCCCCCCCCCCCCCCC)COP(=O)(O)OCCN. The van der Waals surface area contributed by atoms with Crippen LogP contribution in [0.2, 0.25) is 0 Å². The molecule has 0 rings (SSSR count). The number of nitrogens with two attached hydrogens (primary N) is 1. The van der Waals surface area contributed by atoms with Crippen LogP contribution in [-0.2, 0) is 32.7 Å². The van der Waals surface area contributed by atoms with Gasteiger partial charge in [0.15, 0.2) is 6.10 Å². The molecule has 9 nitrogen and oxygen atoms in total. The zero-order valence-corrected chi connectivity index (χ0v) is 41.2. The second-order valence-electron chi connectivity index (χ2n) is 16.7. The van der Waals surface area contributed by atoms with Crippen molar-refractivity contribution in [2.24, 2.45) is 5.73 Å². The molecule has 63 heavy (non-hydrogen) atoms. The normalized spacial score (nSPS) is 13.8. The van der Waals surface area contributed by atoms with E-state index >= 15 is 0 Å². The zero-order chi connectivity index (χ0) is 46.0. The molecule has 0 heterocycles. The third-order valence-corrected chi connectivity index (χ3v) is 11.5. The summed E-state index contributed by atoms with van der Waals surface area (Å²) in [5.41, 5.74) is 5.36. The molecule has 0 aliphatic rings. The number of unbranched alkanes of at least 4 members (excludes halogenated alkanes) is 22. The number of allylic oxidation sites excluding steroid dienone is 12. The van der Waals surface area contributed by atoms with Gasteiger partial charge in [0.05, 0.1) is 13.2 Å². The Hall–Kier alpha value is -2.55. The van der Waals surface area contributed by atoms with Crippen molar-refractivity contribution in [3.63, 3.8) is 0 Å². The van der Waals surface area contributed by atoms with E-state index in [-0.39, 0.29) is 32.6 Å². The second kappa shape index (κ2) is 48.9. The maximum Gasteiger partial charge on any atom is 0.472 e. The van der Waals surface area contributed by atoms with E-state index in [9.17, 15) is 19.0 Å². The Morgan fingerprint density at radius 3 is 1.37 bits per heavy atom. The summed E-state index contributed by atoms with van der Waals surface area (Å²) in [6.45, 7) is 3.64. The molecule has 3 N–H and O–H groups in total. The van der Waals surface area contributed by atoms with Gasteiger partial charge in [-0.3, -0.25) is 18.6 Å². The van der Waals surface area contributed by atoms with Crippen LogP contribution < -0.4 is 5.73 Å². The number of hydrogen-bond donors (Lipinski definition) is 2. The van der Waals surface area contributed by atoms with Crippen LogP contribution in [0.5, 0.6) is 0 Å². The van der Waals surface area contributed by atoms with Gasteiger partial charge < -0.3 is 20.1 Å². The Kier molecular flexibility index (Phi) is 46.9. The van der Waals surface area contributed by atoms with Crippen molar-refractivity contribution in [1.29, 1.82) is 0 Å². The van der Waals surface area contributed by atoms with Gasteiger partial charge in [-0.05, 0) is 89.9 Å². The van der Waals surface area contributed by atoms with Crippen LogP contribution in [-0.4, -0.2) is 49.3 Å². The highest BCUT2D eigenvalue weighted by Crippen LogP contribution is 2.43. The molecule has 0 saturated heterocycles. The molecule has 0 spiro atoms. The van der Waals surface area contributed by atoms with E-state index in [0.717, 1.165) is 64.2 Å². The molecule has 2 atom stereocenters. The van der Waals surface area contributed by atoms with Gasteiger partial charge in [-0.15, -0.1) is 0 Å². The summed E-state index contributed by atoms with van der Waals surface area (Å²) in [7, 11) is -4.40. The Labute approximate surface area is 386 Å². The van der Waals surface area contributed by atoms with Crippen molar-refractivity contribution in [2.45, 2.75) is 225 Å². The highest BCUT2D eigenvalue weighted by Gasteiger charge is 2.26. The summed E-state index contributed by atoms with van der Waals surface area (Å²) in [4.78, 5) is 35.0. The number of carbonyl (C=O) groups is 2. The minimum atomic E-state index is -4.40. The Morgan fingerprint density at radius 2 is 0.857 bits per heavy atom. The molecular weight excluding hydrogens is 810 g/mol. The molecule has 0 fully saturated rings. The largest absolute Gasteiger partial charge is 0.472 e. The summed E-state index contributed by atoms with van der Waals surface area (Å²) in [6, 6.07) is 0. The van der Waals surface area contributed by atoms with Crippen molar-refractivity contribution in [3.8, 4) is 0 Å². The van der Waals surface area contributed by atoms with Gasteiger partial charge in [-0.25, -0.2) is 4.57 Å². The molecule has 0 bridgehead atoms. The van der Waals surface area contributed by atoms with Crippen LogP contribution in [0.4, 0.5) is 0 Å². The van der Waals surface area contributed by atoms with Crippen molar-refractivity contribution >= 4 is 19.8 Å². The van der Waals surface area contributed by atoms with E-state index < -0.39 is 32.5 Å². The smallest absolute Gasteiger partial charge is 0.462 e. The van der Waals surface area contributed by atoms with Gasteiger partial charge in [-0.1, -0.05) is 189 Å². The van der Waals surface area contributed by atoms with Crippen molar-refractivity contribution in [1.82, 2.24) is 0 Å². The lowest BCUT2D eigenvalue weighted by atomic mass is 10.0. The third-order valence-electron chi connectivity index (χ3n) is 10.5. The number of rotatable bonds is 47. The van der Waals surface area contributed by atoms with Gasteiger partial charge >= 0.3 is 19.8 Å². The number of carbonyl (C=O) groups excluding carboxylic acids is 2. The fourth-order valence-electron chi connectivity index (χ4n) is 6.76. The zero-order valence-electron chi connectivity index (χ0n) is 40.3. The van der Waals surface area contributed by atoms with E-state index in [1.807, 2.05) is 0 Å². The van der Waals surface area contributed by atoms with E-state index in [2.05, 4.69) is 86.8 Å². The average molecular weight is 904 g/mol. The van der Waals surface area contributed by atoms with Crippen molar-refractivity contribution < 1.29 is 37.6 Å². The molecule has 0 aliphatic carbocycles. The fraction of sp³-hybridized carbons (Fsp3) is 0.736. The quantitative estimate of drug-likeness (QED) is 0.0265. The molecule has 0 radical (unpaired) electrons. The van der Waals surface area contributed by atoms with Gasteiger partial charge in [0.1, 0.15) is 6.61 Å². The predicted molar refractivity (Wildman–Crippen MR) is 266 cm³/mol. The number of esters is 2. The highest BCUT2D eigenvalue weighted by atomic mass is 31.2. The minimum absolute atomic E-state index is 0.0399. The predicted octanol–water partition coefficient (Wildman–Crippen LogP) is 15.4. The molecule has 364 valence electrons. The summed E-state index contributed by atoms with van der Waals surface area (Å²) in [5, 5.41) is 0. The fourth-order valence-corrected chi connectivity index (χ4v) is 7.52. The van der Waals surface area contributed by atoms with E-state index in [0.29, 0.717) is 12.8 Å². The van der Waals surface area contributed by atoms with Gasteiger partial charge in [0, 0.05) is 19.4 Å². The molecule has 0 saturated carbocycles. The standard InChI is InChI=1S/C53H94NO8P/c1-3-5-7-9-11-13-15-17-19-21-23-24-25-26-28-29-31-33-35-37-39-41-43-45-52(55)59-49-51(50-61-63(57,58)60-48-47-54)62-53(56)46-44-42-40-38-36-34-32-30-27-22-20-18-16-14-12-10-8-6-4-2/h12,14,18,20,27,29-31,34,36-37,39,51H,3-11,13,15-17,19,21-26,28,32-33,35,38,40-50,54H2,1-2H3,(H,57,58)/b14-12+,20-18+,30-27+,31-29+,36-34+,39-37+/t51-/m1/s1. The van der Waals surface area contributed by atoms with Gasteiger partial charge in [-0.2, -0.15) is 0 Å². The lowest BCUT2D eigenvalue weighted by Crippen LogP contribution is -2.29. The number of phosphoric ester groups is 1. The molecule has 1 unspecified atom stereocenters. The van der Waals surface area contributed by atoms with Crippen LogP contribution in [0.15, 0.2) is 72.9 Å². The molecule has 10 heteroatoms. The number of phosphoric acid groups is 1. The van der Waals surface area contributed by atoms with Crippen LogP contribution >= 0.6 is 7.82 Å². The van der Waals surface area contributed by atoms with Crippen LogP contribution in [0.3, 0.4) is 0 Å². The molecule has 0 aromatic rings. The lowest BCUT2D eigenvalue weighted by molar-refractivity contribution is -0.161. The average Bonchev–Trinajstić information content (AvgIpc) is 3.27. The summed E-state index contributed by atoms with van der Waals surface area (Å²) in [5.74, 6) is -0.915. The summed E-state index contributed by atoms with van der Waals surface area (Å²) in [6.07, 6.45) is 61.0. The van der Waals surface area contributed by atoms with Gasteiger partial charge in [0.2, 0.25) is 0 Å². The first-order chi connectivity index (χ1) is 30.8. The first-order valence-corrected chi connectivity index (χ1v) is 26.9. The van der Waals surface area contributed by atoms with E-state index in [4.69, 9.17) is 24.3 Å². The van der Waals surface area contributed by atoms with Crippen LogP contribution in [0.25, 0.3) is 0 Å². The minimum Gasteiger partial charge on any atom is -0.462 e. The highest BCUT2D eigenvalue weighted by molar-refractivity contribution is 7.47. The van der Waals surface area contributed by atoms with Crippen LogP contribution in [0.1, 0.15) is 219 Å². The van der Waals surface area contributed by atoms with Crippen molar-refractivity contribution in [2.75, 3.05) is 26.4 Å². The molecule has 0 aliphatic heterocycles. The topological polar surface area (TPSA) is 134 Å². The van der Waals surface area contributed by atoms with E-state index in [1.54, 1.807) is 0 Å². The Morgan fingerprint density at radius 1 is 0.476 bits per heavy atom. The Balaban J connectivity index is 4.17. The summed E-state index contributed by atoms with van der Waals surface area (Å²) >= 11 is 0. The maximum atomic E-state index is 12.6. The first-order valence-electron chi connectivity index (χ1n) is 25.4. The maximum absolute atomic E-state index is 12.6. The third kappa shape index (κ3) is 48.7.